The van der Waals surface area contributed by atoms with Crippen molar-refractivity contribution in [3.63, 3.8) is 0 Å². The van der Waals surface area contributed by atoms with Crippen molar-refractivity contribution in [2.24, 2.45) is 5.41 Å². The highest BCUT2D eigenvalue weighted by atomic mass is 79.9. The minimum absolute atomic E-state index is 0.431. The lowest BCUT2D eigenvalue weighted by Gasteiger charge is -2.40. The van der Waals surface area contributed by atoms with Crippen LogP contribution < -0.4 is 0 Å². The topological polar surface area (TPSA) is 9.23 Å². The molecule has 1 aromatic rings. The zero-order valence-corrected chi connectivity index (χ0v) is 11.7. The van der Waals surface area contributed by atoms with Gasteiger partial charge in [-0.2, -0.15) is 0 Å². The number of ether oxygens (including phenoxy) is 1. The third-order valence-corrected chi connectivity index (χ3v) is 4.62. The first-order valence-electron chi connectivity index (χ1n) is 6.20. The Morgan fingerprint density at radius 1 is 1.24 bits per heavy atom. The molecule has 1 aliphatic rings. The molecule has 0 unspecified atom stereocenters. The van der Waals surface area contributed by atoms with E-state index >= 15 is 0 Å². The van der Waals surface area contributed by atoms with Gasteiger partial charge in [0, 0.05) is 10.7 Å². The Balaban J connectivity index is 1.68. The maximum atomic E-state index is 5.74. The van der Waals surface area contributed by atoms with Crippen LogP contribution in [-0.2, 0) is 4.74 Å². The molecule has 1 aromatic carbocycles. The Morgan fingerprint density at radius 2 is 2.00 bits per heavy atom. The van der Waals surface area contributed by atoms with Gasteiger partial charge in [0.1, 0.15) is 0 Å². The number of hydrogen-bond acceptors (Lipinski definition) is 1. The standard InChI is InChI=1S/C15H19BrO/c16-12-15(9-5-10-15)13-17-11-4-8-14-6-2-1-3-7-14/h1-4,6-8H,5,9-13H2. The molecule has 2 rings (SSSR count). The molecule has 0 N–H and O–H groups in total. The van der Waals surface area contributed by atoms with Crippen LogP contribution in [-0.4, -0.2) is 18.5 Å². The summed E-state index contributed by atoms with van der Waals surface area (Å²) in [5.74, 6) is 0. The lowest BCUT2D eigenvalue weighted by molar-refractivity contribution is 0.0230. The quantitative estimate of drug-likeness (QED) is 0.562. The fourth-order valence-electron chi connectivity index (χ4n) is 2.09. The van der Waals surface area contributed by atoms with Crippen molar-refractivity contribution in [1.82, 2.24) is 0 Å². The SMILES string of the molecule is BrCC1(COCC=Cc2ccccc2)CCC1. The summed E-state index contributed by atoms with van der Waals surface area (Å²) in [5.41, 5.74) is 1.66. The van der Waals surface area contributed by atoms with Gasteiger partial charge >= 0.3 is 0 Å². The minimum Gasteiger partial charge on any atom is -0.377 e. The molecule has 1 saturated carbocycles. The monoisotopic (exact) mass is 294 g/mol. The lowest BCUT2D eigenvalue weighted by atomic mass is 9.71. The number of halogens is 1. The van der Waals surface area contributed by atoms with E-state index in [4.69, 9.17) is 4.74 Å². The van der Waals surface area contributed by atoms with Crippen LogP contribution in [0.5, 0.6) is 0 Å². The third kappa shape index (κ3) is 3.68. The third-order valence-electron chi connectivity index (χ3n) is 3.43. The summed E-state index contributed by atoms with van der Waals surface area (Å²) < 4.78 is 5.74. The van der Waals surface area contributed by atoms with Crippen molar-refractivity contribution in [3.8, 4) is 0 Å². The zero-order chi connectivity index (χ0) is 12.0. The molecule has 1 fully saturated rings. The fourth-order valence-corrected chi connectivity index (χ4v) is 2.81. The molecule has 2 heteroatoms. The van der Waals surface area contributed by atoms with E-state index in [9.17, 15) is 0 Å². The molecule has 0 heterocycles. The first-order valence-corrected chi connectivity index (χ1v) is 7.32. The van der Waals surface area contributed by atoms with Gasteiger partial charge in [-0.05, 0) is 18.4 Å². The van der Waals surface area contributed by atoms with E-state index in [-0.39, 0.29) is 0 Å². The van der Waals surface area contributed by atoms with Crippen LogP contribution in [0.3, 0.4) is 0 Å². The van der Waals surface area contributed by atoms with Gasteiger partial charge < -0.3 is 4.74 Å². The summed E-state index contributed by atoms with van der Waals surface area (Å²) in [4.78, 5) is 0. The van der Waals surface area contributed by atoms with Crippen LogP contribution in [0.2, 0.25) is 0 Å². The summed E-state index contributed by atoms with van der Waals surface area (Å²) in [7, 11) is 0. The highest BCUT2D eigenvalue weighted by Gasteiger charge is 2.35. The Labute approximate surface area is 112 Å². The Kier molecular flexibility index (Phi) is 4.81. The van der Waals surface area contributed by atoms with Crippen LogP contribution in [0.4, 0.5) is 0 Å². The second kappa shape index (κ2) is 6.36. The summed E-state index contributed by atoms with van der Waals surface area (Å²) in [6.45, 7) is 1.60. The van der Waals surface area contributed by atoms with E-state index in [0.717, 1.165) is 11.9 Å². The summed E-state index contributed by atoms with van der Waals surface area (Å²) in [6, 6.07) is 10.3. The highest BCUT2D eigenvalue weighted by Crippen LogP contribution is 2.42. The van der Waals surface area contributed by atoms with E-state index < -0.39 is 0 Å². The molecule has 0 spiro atoms. The smallest absolute Gasteiger partial charge is 0.0650 e. The van der Waals surface area contributed by atoms with Crippen molar-refractivity contribution in [1.29, 1.82) is 0 Å². The van der Waals surface area contributed by atoms with Crippen molar-refractivity contribution in [3.05, 3.63) is 42.0 Å². The average Bonchev–Trinajstić information content (AvgIpc) is 2.33. The van der Waals surface area contributed by atoms with Crippen LogP contribution >= 0.6 is 15.9 Å². The van der Waals surface area contributed by atoms with E-state index in [2.05, 4.69) is 52.3 Å². The number of rotatable bonds is 6. The van der Waals surface area contributed by atoms with Gasteiger partial charge in [-0.25, -0.2) is 0 Å². The van der Waals surface area contributed by atoms with Crippen molar-refractivity contribution >= 4 is 22.0 Å². The zero-order valence-electron chi connectivity index (χ0n) is 10.1. The van der Waals surface area contributed by atoms with Gasteiger partial charge in [0.15, 0.2) is 0 Å². The Morgan fingerprint density at radius 3 is 2.59 bits per heavy atom. The molecule has 0 atom stereocenters. The average molecular weight is 295 g/mol. The summed E-state index contributed by atoms with van der Waals surface area (Å²) >= 11 is 3.59. The minimum atomic E-state index is 0.431. The molecular weight excluding hydrogens is 276 g/mol. The molecule has 0 amide bonds. The number of hydrogen-bond donors (Lipinski definition) is 0. The molecule has 92 valence electrons. The summed E-state index contributed by atoms with van der Waals surface area (Å²) in [6.07, 6.45) is 8.17. The molecule has 0 aromatic heterocycles. The van der Waals surface area contributed by atoms with Gasteiger partial charge in [-0.1, -0.05) is 64.8 Å². The predicted molar refractivity (Wildman–Crippen MR) is 76.4 cm³/mol. The molecular formula is C15H19BrO. The first-order chi connectivity index (χ1) is 8.35. The van der Waals surface area contributed by atoms with Gasteiger partial charge in [0.2, 0.25) is 0 Å². The van der Waals surface area contributed by atoms with Crippen LogP contribution in [0, 0.1) is 5.41 Å². The fraction of sp³-hybridized carbons (Fsp3) is 0.467. The van der Waals surface area contributed by atoms with E-state index in [0.29, 0.717) is 12.0 Å². The van der Waals surface area contributed by atoms with Gasteiger partial charge in [0.05, 0.1) is 13.2 Å². The molecule has 0 radical (unpaired) electrons. The van der Waals surface area contributed by atoms with Gasteiger partial charge in [0.25, 0.3) is 0 Å². The first kappa shape index (κ1) is 12.8. The normalized spacial score (nSPS) is 18.2. The number of benzene rings is 1. The molecule has 0 aliphatic heterocycles. The molecule has 0 saturated heterocycles. The maximum Gasteiger partial charge on any atom is 0.0650 e. The van der Waals surface area contributed by atoms with E-state index in [1.165, 1.54) is 24.8 Å². The molecule has 17 heavy (non-hydrogen) atoms. The molecule has 0 bridgehead atoms. The Bertz CT molecular complexity index is 349. The van der Waals surface area contributed by atoms with Crippen molar-refractivity contribution in [2.45, 2.75) is 19.3 Å². The highest BCUT2D eigenvalue weighted by molar-refractivity contribution is 9.09. The Hall–Kier alpha value is -0.600. The van der Waals surface area contributed by atoms with Crippen LogP contribution in [0.1, 0.15) is 24.8 Å². The molecule has 1 aliphatic carbocycles. The van der Waals surface area contributed by atoms with Crippen molar-refractivity contribution < 1.29 is 4.74 Å². The van der Waals surface area contributed by atoms with Crippen molar-refractivity contribution in [2.75, 3.05) is 18.5 Å². The maximum absolute atomic E-state index is 5.74. The largest absolute Gasteiger partial charge is 0.377 e. The number of alkyl halides is 1. The predicted octanol–water partition coefficient (Wildman–Crippen LogP) is 4.28. The van der Waals surface area contributed by atoms with Crippen LogP contribution in [0.15, 0.2) is 36.4 Å². The second-order valence-corrected chi connectivity index (χ2v) is 5.38. The lowest BCUT2D eigenvalue weighted by Crippen LogP contribution is -2.36. The summed E-state index contributed by atoms with van der Waals surface area (Å²) in [5, 5.41) is 1.07. The second-order valence-electron chi connectivity index (χ2n) is 4.82. The van der Waals surface area contributed by atoms with Crippen LogP contribution in [0.25, 0.3) is 6.08 Å². The van der Waals surface area contributed by atoms with Gasteiger partial charge in [-0.3, -0.25) is 0 Å². The van der Waals surface area contributed by atoms with Gasteiger partial charge in [-0.15, -0.1) is 0 Å². The van der Waals surface area contributed by atoms with E-state index in [1.54, 1.807) is 0 Å². The van der Waals surface area contributed by atoms with E-state index in [1.807, 2.05) is 6.07 Å². The molecule has 1 nitrogen and oxygen atoms in total.